The molecule has 0 atom stereocenters. The van der Waals surface area contributed by atoms with E-state index in [1.54, 1.807) is 0 Å². The van der Waals surface area contributed by atoms with Crippen LogP contribution in [-0.2, 0) is 7.05 Å². The third-order valence-corrected chi connectivity index (χ3v) is 5.07. The zero-order valence-electron chi connectivity index (χ0n) is 15.5. The minimum absolute atomic E-state index is 0.288. The Morgan fingerprint density at radius 1 is 1.08 bits per heavy atom. The van der Waals surface area contributed by atoms with Crippen LogP contribution in [0.3, 0.4) is 0 Å². The van der Waals surface area contributed by atoms with Crippen LogP contribution in [0.5, 0.6) is 0 Å². The van der Waals surface area contributed by atoms with Crippen LogP contribution >= 0.6 is 0 Å². The molecule has 0 unspecified atom stereocenters. The summed E-state index contributed by atoms with van der Waals surface area (Å²) in [5.41, 5.74) is 6.79. The molecule has 0 bridgehead atoms. The van der Waals surface area contributed by atoms with Gasteiger partial charge in [-0.05, 0) is 42.2 Å². The fraction of sp³-hybridized carbons (Fsp3) is 0.217. The molecule has 2 aromatic carbocycles. The molecule has 3 heteroatoms. The first-order chi connectivity index (χ1) is 12.5. The molecular weight excluding hydrogens is 320 g/mol. The summed E-state index contributed by atoms with van der Waals surface area (Å²) < 4.78 is 8.39. The third kappa shape index (κ3) is 2.38. The van der Waals surface area contributed by atoms with Crippen molar-refractivity contribution in [2.75, 3.05) is 0 Å². The Hall–Kier alpha value is -3.12. The monoisotopic (exact) mass is 341 g/mol. The molecule has 0 spiro atoms. The number of nitriles is 1. The molecule has 4 aromatic rings. The first-order valence-electron chi connectivity index (χ1n) is 8.86. The van der Waals surface area contributed by atoms with Gasteiger partial charge in [-0.15, -0.1) is 0 Å². The van der Waals surface area contributed by atoms with Crippen molar-refractivity contribution in [1.82, 2.24) is 0 Å². The van der Waals surface area contributed by atoms with E-state index in [1.807, 2.05) is 31.4 Å². The number of pyridine rings is 1. The third-order valence-electron chi connectivity index (χ3n) is 5.07. The summed E-state index contributed by atoms with van der Waals surface area (Å²) in [4.78, 5) is 0. The Morgan fingerprint density at radius 3 is 2.58 bits per heavy atom. The summed E-state index contributed by atoms with van der Waals surface area (Å²) in [5.74, 6) is 0.288. The molecule has 2 aromatic heterocycles. The van der Waals surface area contributed by atoms with E-state index in [0.29, 0.717) is 5.56 Å². The first kappa shape index (κ1) is 16.4. The number of nitrogens with zero attached hydrogens (tertiary/aromatic N) is 2. The van der Waals surface area contributed by atoms with Gasteiger partial charge in [-0.3, -0.25) is 0 Å². The zero-order valence-corrected chi connectivity index (χ0v) is 15.5. The Kier molecular flexibility index (Phi) is 3.77. The maximum atomic E-state index is 9.52. The highest BCUT2D eigenvalue weighted by molar-refractivity contribution is 6.10. The van der Waals surface area contributed by atoms with Crippen molar-refractivity contribution in [1.29, 1.82) is 5.26 Å². The quantitative estimate of drug-likeness (QED) is 0.459. The molecule has 26 heavy (non-hydrogen) atoms. The lowest BCUT2D eigenvalue weighted by atomic mass is 9.94. The lowest BCUT2D eigenvalue weighted by Gasteiger charge is -2.07. The van der Waals surface area contributed by atoms with E-state index in [-0.39, 0.29) is 5.92 Å². The highest BCUT2D eigenvalue weighted by atomic mass is 16.3. The fourth-order valence-electron chi connectivity index (χ4n) is 3.68. The molecule has 0 N–H and O–H groups in total. The average molecular weight is 341 g/mol. The van der Waals surface area contributed by atoms with Crippen LogP contribution in [-0.4, -0.2) is 0 Å². The lowest BCUT2D eigenvalue weighted by molar-refractivity contribution is -0.660. The van der Waals surface area contributed by atoms with Crippen molar-refractivity contribution in [2.24, 2.45) is 7.05 Å². The van der Waals surface area contributed by atoms with E-state index in [1.165, 1.54) is 5.56 Å². The molecule has 0 amide bonds. The molecule has 128 valence electrons. The topological polar surface area (TPSA) is 40.8 Å². The van der Waals surface area contributed by atoms with E-state index >= 15 is 0 Å². The predicted octanol–water partition coefficient (Wildman–Crippen LogP) is 5.38. The molecule has 0 aliphatic carbocycles. The second-order valence-electron chi connectivity index (χ2n) is 7.14. The maximum Gasteiger partial charge on any atom is 0.216 e. The molecule has 0 fully saturated rings. The second kappa shape index (κ2) is 6.00. The van der Waals surface area contributed by atoms with E-state index < -0.39 is 0 Å². The number of rotatable bonds is 2. The number of hydrogen-bond acceptors (Lipinski definition) is 2. The highest BCUT2D eigenvalue weighted by Gasteiger charge is 2.21. The lowest BCUT2D eigenvalue weighted by Crippen LogP contribution is -2.30. The van der Waals surface area contributed by atoms with E-state index in [2.05, 4.69) is 55.7 Å². The molecule has 0 radical (unpaired) electrons. The van der Waals surface area contributed by atoms with Gasteiger partial charge in [0.05, 0.1) is 17.2 Å². The summed E-state index contributed by atoms with van der Waals surface area (Å²) in [5, 5.41) is 11.7. The van der Waals surface area contributed by atoms with Crippen molar-refractivity contribution in [2.45, 2.75) is 26.7 Å². The number of benzene rings is 2. The van der Waals surface area contributed by atoms with Gasteiger partial charge in [0.25, 0.3) is 0 Å². The van der Waals surface area contributed by atoms with Crippen LogP contribution in [0.2, 0.25) is 0 Å². The van der Waals surface area contributed by atoms with Crippen molar-refractivity contribution in [3.8, 4) is 17.3 Å². The largest absolute Gasteiger partial charge is 0.455 e. The first-order valence-corrected chi connectivity index (χ1v) is 8.86. The average Bonchev–Trinajstić information content (AvgIpc) is 2.98. The number of hydrogen-bond donors (Lipinski definition) is 0. The van der Waals surface area contributed by atoms with Crippen LogP contribution in [0.15, 0.2) is 53.1 Å². The molecule has 0 aliphatic heterocycles. The SMILES string of the molecule is Cc1ccc2c(oc3cc(C#N)c(C(C)C)cc32)c1-c1cccc[n+]1C. The molecule has 0 saturated carbocycles. The standard InChI is InChI=1S/C23H21N2O/c1-14(2)18-12-19-17-9-8-15(3)22(20-7-5-6-10-25(20)4)23(17)26-21(19)11-16(18)13-24/h5-12,14H,1-4H3/q+1. The summed E-state index contributed by atoms with van der Waals surface area (Å²) in [6.45, 7) is 6.34. The molecule has 4 rings (SSSR count). The zero-order chi connectivity index (χ0) is 18.4. The summed E-state index contributed by atoms with van der Waals surface area (Å²) >= 11 is 0. The van der Waals surface area contributed by atoms with Crippen molar-refractivity contribution >= 4 is 21.9 Å². The number of aromatic nitrogens is 1. The predicted molar refractivity (Wildman–Crippen MR) is 104 cm³/mol. The Morgan fingerprint density at radius 2 is 1.88 bits per heavy atom. The Labute approximate surface area is 153 Å². The Bertz CT molecular complexity index is 1190. The molecule has 0 saturated heterocycles. The van der Waals surface area contributed by atoms with E-state index in [9.17, 15) is 5.26 Å². The molecular formula is C23H21N2O+. The minimum atomic E-state index is 0.288. The normalized spacial score (nSPS) is 11.4. The second-order valence-corrected chi connectivity index (χ2v) is 7.14. The van der Waals surface area contributed by atoms with Crippen molar-refractivity contribution < 1.29 is 8.98 Å². The van der Waals surface area contributed by atoms with Gasteiger partial charge in [0.1, 0.15) is 18.2 Å². The molecule has 2 heterocycles. The van der Waals surface area contributed by atoms with Crippen molar-refractivity contribution in [3.05, 3.63) is 65.4 Å². The molecule has 3 nitrogen and oxygen atoms in total. The van der Waals surface area contributed by atoms with Crippen LogP contribution in [0, 0.1) is 18.3 Å². The van der Waals surface area contributed by atoms with Crippen LogP contribution in [0.4, 0.5) is 0 Å². The summed E-state index contributed by atoms with van der Waals surface area (Å²) in [6.07, 6.45) is 2.04. The molecule has 0 aliphatic rings. The van der Waals surface area contributed by atoms with E-state index in [4.69, 9.17) is 4.42 Å². The number of furan rings is 1. The van der Waals surface area contributed by atoms with Gasteiger partial charge in [-0.2, -0.15) is 5.26 Å². The minimum Gasteiger partial charge on any atom is -0.455 e. The fourth-order valence-corrected chi connectivity index (χ4v) is 3.68. The Balaban J connectivity index is 2.13. The highest BCUT2D eigenvalue weighted by Crippen LogP contribution is 2.38. The van der Waals surface area contributed by atoms with Gasteiger partial charge in [0.15, 0.2) is 6.20 Å². The maximum absolute atomic E-state index is 9.52. The summed E-state index contributed by atoms with van der Waals surface area (Å²) in [6, 6.07) is 16.8. The van der Waals surface area contributed by atoms with Crippen LogP contribution < -0.4 is 4.57 Å². The summed E-state index contributed by atoms with van der Waals surface area (Å²) in [7, 11) is 2.04. The smallest absolute Gasteiger partial charge is 0.216 e. The van der Waals surface area contributed by atoms with Crippen LogP contribution in [0.1, 0.15) is 36.5 Å². The number of aryl methyl sites for hydroxylation is 2. The van der Waals surface area contributed by atoms with Gasteiger partial charge in [0.2, 0.25) is 5.69 Å². The van der Waals surface area contributed by atoms with Gasteiger partial charge in [-0.25, -0.2) is 4.57 Å². The van der Waals surface area contributed by atoms with Crippen molar-refractivity contribution in [3.63, 3.8) is 0 Å². The van der Waals surface area contributed by atoms with Crippen LogP contribution in [0.25, 0.3) is 33.2 Å². The van der Waals surface area contributed by atoms with Gasteiger partial charge >= 0.3 is 0 Å². The van der Waals surface area contributed by atoms with E-state index in [0.717, 1.165) is 38.8 Å². The van der Waals surface area contributed by atoms with Gasteiger partial charge in [-0.1, -0.05) is 26.0 Å². The number of fused-ring (bicyclic) bond motifs is 3. The van der Waals surface area contributed by atoms with Gasteiger partial charge < -0.3 is 4.42 Å². The van der Waals surface area contributed by atoms with Gasteiger partial charge in [0, 0.05) is 22.9 Å².